The molecular weight excluding hydrogens is 665 g/mol. The summed E-state index contributed by atoms with van der Waals surface area (Å²) in [5.74, 6) is -7.88. The fourth-order valence-corrected chi connectivity index (χ4v) is 5.09. The molecule has 48 heavy (non-hydrogen) atoms. The van der Waals surface area contributed by atoms with E-state index in [9.17, 15) is 18.7 Å². The number of imidazole rings is 1. The highest BCUT2D eigenvalue weighted by molar-refractivity contribution is 6.31. The van der Waals surface area contributed by atoms with Gasteiger partial charge in [-0.15, -0.1) is 5.10 Å². The summed E-state index contributed by atoms with van der Waals surface area (Å²) in [4.78, 5) is 23.8. The van der Waals surface area contributed by atoms with Crippen LogP contribution in [0, 0.1) is 29.1 Å². The Morgan fingerprint density at radius 1 is 1.00 bits per heavy atom. The number of fused-ring (bicyclic) bond motifs is 1. The number of carboxylic acids is 1. The molecule has 0 unspecified atom stereocenters. The standard InChI is InChI=1S/C31H21ClF5N7O4/c1-47-7-6-43-24-9-15(31(45)46)8-22(35)29(24)41-26(43)11-17-21(34)10-18(28(37)27(17)36)23-3-2-20(33)30(40-23)48-14-16-13-38-25(12-19(16)32)44-5-4-39-42-44/h2-5,8-10,12-13H,6-7,11,14H2,1H3,(H,45,46). The Bertz CT molecular complexity index is 2180. The van der Waals surface area contributed by atoms with Crippen molar-refractivity contribution in [3.05, 3.63) is 112 Å². The Morgan fingerprint density at radius 2 is 1.81 bits per heavy atom. The van der Waals surface area contributed by atoms with Crippen molar-refractivity contribution in [2.75, 3.05) is 13.7 Å². The summed E-state index contributed by atoms with van der Waals surface area (Å²) in [5, 5.41) is 17.1. The second-order valence-electron chi connectivity index (χ2n) is 10.2. The van der Waals surface area contributed by atoms with Crippen molar-refractivity contribution in [1.29, 1.82) is 0 Å². The number of carboxylic acid groups (broad SMARTS) is 1. The summed E-state index contributed by atoms with van der Waals surface area (Å²) in [6.07, 6.45) is 3.74. The van der Waals surface area contributed by atoms with E-state index in [0.717, 1.165) is 18.2 Å². The minimum atomic E-state index is -1.58. The summed E-state index contributed by atoms with van der Waals surface area (Å²) in [6, 6.07) is 6.02. The maximum atomic E-state index is 15.5. The van der Waals surface area contributed by atoms with Crippen LogP contribution in [0.5, 0.6) is 5.88 Å². The number of benzene rings is 2. The summed E-state index contributed by atoms with van der Waals surface area (Å²) in [6.45, 7) is -0.225. The van der Waals surface area contributed by atoms with Crippen molar-refractivity contribution >= 4 is 28.6 Å². The fraction of sp³-hybridized carbons (Fsp3) is 0.161. The van der Waals surface area contributed by atoms with E-state index < -0.39 is 58.5 Å². The Kier molecular flexibility index (Phi) is 9.01. The van der Waals surface area contributed by atoms with Gasteiger partial charge in [-0.25, -0.2) is 46.4 Å². The number of aromatic carboxylic acids is 1. The van der Waals surface area contributed by atoms with Crippen LogP contribution in [0.2, 0.25) is 5.02 Å². The van der Waals surface area contributed by atoms with Crippen LogP contribution in [-0.4, -0.2) is 59.3 Å². The van der Waals surface area contributed by atoms with Crippen molar-refractivity contribution in [2.24, 2.45) is 0 Å². The van der Waals surface area contributed by atoms with Crippen LogP contribution >= 0.6 is 11.6 Å². The van der Waals surface area contributed by atoms with Crippen LogP contribution < -0.4 is 4.74 Å². The molecule has 0 aliphatic rings. The van der Waals surface area contributed by atoms with Crippen LogP contribution in [0.25, 0.3) is 28.1 Å². The zero-order valence-electron chi connectivity index (χ0n) is 24.6. The van der Waals surface area contributed by atoms with Gasteiger partial charge in [-0.05, 0) is 30.3 Å². The first-order chi connectivity index (χ1) is 23.0. The highest BCUT2D eigenvalue weighted by Crippen LogP contribution is 2.32. The zero-order chi connectivity index (χ0) is 34.1. The monoisotopic (exact) mass is 685 g/mol. The number of methoxy groups -OCH3 is 1. The predicted octanol–water partition coefficient (Wildman–Crippen LogP) is 5.94. The number of halogens is 6. The molecular formula is C31H21ClF5N7O4. The molecule has 1 N–H and O–H groups in total. The average Bonchev–Trinajstić information content (AvgIpc) is 3.73. The Morgan fingerprint density at radius 3 is 2.52 bits per heavy atom. The molecule has 4 aromatic heterocycles. The van der Waals surface area contributed by atoms with Crippen molar-refractivity contribution in [2.45, 2.75) is 19.6 Å². The molecule has 6 rings (SSSR count). The fourth-order valence-electron chi connectivity index (χ4n) is 4.89. The molecule has 0 bridgehead atoms. The molecule has 11 nitrogen and oxygen atoms in total. The number of aromatic nitrogens is 7. The van der Waals surface area contributed by atoms with Crippen molar-refractivity contribution in [1.82, 2.24) is 34.5 Å². The van der Waals surface area contributed by atoms with E-state index in [-0.39, 0.29) is 52.9 Å². The second kappa shape index (κ2) is 13.3. The number of nitrogens with zero attached hydrogens (tertiary/aromatic N) is 7. The van der Waals surface area contributed by atoms with E-state index in [2.05, 4.69) is 25.3 Å². The van der Waals surface area contributed by atoms with Gasteiger partial charge >= 0.3 is 5.97 Å². The third-order valence-corrected chi connectivity index (χ3v) is 7.62. The van der Waals surface area contributed by atoms with Crippen LogP contribution in [0.4, 0.5) is 22.0 Å². The van der Waals surface area contributed by atoms with Gasteiger partial charge in [0.2, 0.25) is 0 Å². The number of hydrogen-bond acceptors (Lipinski definition) is 8. The number of carbonyl (C=O) groups is 1. The predicted molar refractivity (Wildman–Crippen MR) is 159 cm³/mol. The van der Waals surface area contributed by atoms with E-state index in [0.29, 0.717) is 17.4 Å². The largest absolute Gasteiger partial charge is 0.478 e. The number of pyridine rings is 2. The third kappa shape index (κ3) is 6.26. The molecule has 0 aliphatic heterocycles. The molecule has 0 saturated carbocycles. The Balaban J connectivity index is 1.29. The molecule has 0 fully saturated rings. The van der Waals surface area contributed by atoms with E-state index >= 15 is 13.2 Å². The lowest BCUT2D eigenvalue weighted by Crippen LogP contribution is -2.11. The topological polar surface area (TPSA) is 130 Å². The lowest BCUT2D eigenvalue weighted by Gasteiger charge is -2.13. The first-order valence-electron chi connectivity index (χ1n) is 13.9. The summed E-state index contributed by atoms with van der Waals surface area (Å²) < 4.78 is 89.2. The molecule has 17 heteroatoms. The molecule has 0 spiro atoms. The van der Waals surface area contributed by atoms with Gasteiger partial charge in [0.15, 0.2) is 29.1 Å². The molecule has 4 heterocycles. The first kappa shape index (κ1) is 32.5. The zero-order valence-corrected chi connectivity index (χ0v) is 25.4. The maximum absolute atomic E-state index is 15.5. The molecule has 6 aromatic rings. The smallest absolute Gasteiger partial charge is 0.335 e. The second-order valence-corrected chi connectivity index (χ2v) is 10.7. The van der Waals surface area contributed by atoms with Crippen LogP contribution in [0.1, 0.15) is 27.3 Å². The van der Waals surface area contributed by atoms with Gasteiger partial charge in [0.25, 0.3) is 5.88 Å². The van der Waals surface area contributed by atoms with Crippen molar-refractivity contribution < 1.29 is 41.3 Å². The molecule has 2 aromatic carbocycles. The lowest BCUT2D eigenvalue weighted by molar-refractivity contribution is 0.0696. The van der Waals surface area contributed by atoms with E-state index in [4.69, 9.17) is 21.1 Å². The van der Waals surface area contributed by atoms with Gasteiger partial charge in [0.1, 0.15) is 23.8 Å². The van der Waals surface area contributed by atoms with Crippen LogP contribution in [-0.2, 0) is 24.3 Å². The third-order valence-electron chi connectivity index (χ3n) is 7.27. The number of rotatable bonds is 11. The highest BCUT2D eigenvalue weighted by atomic mass is 35.5. The molecule has 0 radical (unpaired) electrons. The molecule has 246 valence electrons. The average molecular weight is 686 g/mol. The minimum absolute atomic E-state index is 0.0180. The Labute approximate surface area is 272 Å². The van der Waals surface area contributed by atoms with Gasteiger partial charge in [-0.3, -0.25) is 0 Å². The van der Waals surface area contributed by atoms with Gasteiger partial charge in [0, 0.05) is 49.0 Å². The normalized spacial score (nSPS) is 11.4. The lowest BCUT2D eigenvalue weighted by atomic mass is 10.0. The van der Waals surface area contributed by atoms with Crippen molar-refractivity contribution in [3.8, 4) is 23.0 Å². The highest BCUT2D eigenvalue weighted by Gasteiger charge is 2.25. The Hall–Kier alpha value is -5.48. The molecule has 0 aliphatic carbocycles. The molecule has 0 atom stereocenters. The van der Waals surface area contributed by atoms with Gasteiger partial charge in [-0.2, -0.15) is 0 Å². The van der Waals surface area contributed by atoms with Gasteiger partial charge < -0.3 is 19.1 Å². The van der Waals surface area contributed by atoms with Gasteiger partial charge in [0.05, 0.1) is 40.8 Å². The summed E-state index contributed by atoms with van der Waals surface area (Å²) in [7, 11) is 1.39. The van der Waals surface area contributed by atoms with Crippen LogP contribution in [0.15, 0.2) is 55.0 Å². The van der Waals surface area contributed by atoms with Gasteiger partial charge in [-0.1, -0.05) is 16.8 Å². The summed E-state index contributed by atoms with van der Waals surface area (Å²) >= 11 is 6.31. The molecule has 0 amide bonds. The van der Waals surface area contributed by atoms with E-state index in [1.165, 1.54) is 40.9 Å². The van der Waals surface area contributed by atoms with E-state index in [1.54, 1.807) is 6.20 Å². The summed E-state index contributed by atoms with van der Waals surface area (Å²) in [5.41, 5.74) is -1.92. The quantitative estimate of drug-likeness (QED) is 0.130. The van der Waals surface area contributed by atoms with E-state index in [1.807, 2.05) is 0 Å². The van der Waals surface area contributed by atoms with Crippen LogP contribution in [0.3, 0.4) is 0 Å². The number of ether oxygens (including phenoxy) is 2. The molecule has 0 saturated heterocycles. The first-order valence-corrected chi connectivity index (χ1v) is 14.3. The SMILES string of the molecule is COCCn1c(Cc2c(F)cc(-c3ccc(F)c(OCc4cnc(-n5ccnn5)cc4Cl)n3)c(F)c2F)nc2c(F)cc(C(=O)O)cc21. The minimum Gasteiger partial charge on any atom is -0.478 e. The number of hydrogen-bond donors (Lipinski definition) is 1. The van der Waals surface area contributed by atoms with Crippen molar-refractivity contribution in [3.63, 3.8) is 0 Å². The maximum Gasteiger partial charge on any atom is 0.335 e.